The zero-order valence-electron chi connectivity index (χ0n) is 15.2. The SMILES string of the molecule is Cc1ccc(C(=O)OCC(=O)c2ccc(N3CCCC3=O)cc2)cc1[N+](=O)[O-]. The highest BCUT2D eigenvalue weighted by molar-refractivity contribution is 6.00. The van der Waals surface area contributed by atoms with Crippen LogP contribution in [-0.4, -0.2) is 35.7 Å². The number of benzene rings is 2. The van der Waals surface area contributed by atoms with Gasteiger partial charge in [0.05, 0.1) is 10.5 Å². The summed E-state index contributed by atoms with van der Waals surface area (Å²) in [6.45, 7) is 1.74. The first-order chi connectivity index (χ1) is 13.4. The number of nitrogens with zero attached hydrogens (tertiary/aromatic N) is 2. The summed E-state index contributed by atoms with van der Waals surface area (Å²) in [6, 6.07) is 10.5. The van der Waals surface area contributed by atoms with Gasteiger partial charge in [0.25, 0.3) is 5.69 Å². The second-order valence-electron chi connectivity index (χ2n) is 6.45. The second kappa shape index (κ2) is 7.99. The molecular formula is C20H18N2O6. The minimum atomic E-state index is -0.810. The first-order valence-corrected chi connectivity index (χ1v) is 8.72. The first-order valence-electron chi connectivity index (χ1n) is 8.72. The lowest BCUT2D eigenvalue weighted by Gasteiger charge is -2.15. The summed E-state index contributed by atoms with van der Waals surface area (Å²) in [5, 5.41) is 11.0. The van der Waals surface area contributed by atoms with Crippen LogP contribution in [0.5, 0.6) is 0 Å². The van der Waals surface area contributed by atoms with E-state index in [-0.39, 0.29) is 17.2 Å². The van der Waals surface area contributed by atoms with Crippen LogP contribution >= 0.6 is 0 Å². The van der Waals surface area contributed by atoms with E-state index >= 15 is 0 Å². The second-order valence-corrected chi connectivity index (χ2v) is 6.45. The fraction of sp³-hybridized carbons (Fsp3) is 0.250. The number of Topliss-reactive ketones (excluding diaryl/α,β-unsaturated/α-hetero) is 1. The number of hydrogen-bond donors (Lipinski definition) is 0. The number of hydrogen-bond acceptors (Lipinski definition) is 6. The molecule has 0 unspecified atom stereocenters. The van der Waals surface area contributed by atoms with E-state index in [9.17, 15) is 24.5 Å². The molecule has 8 heteroatoms. The Morgan fingerprint density at radius 3 is 2.43 bits per heavy atom. The Labute approximate surface area is 160 Å². The molecule has 1 saturated heterocycles. The molecule has 0 bridgehead atoms. The van der Waals surface area contributed by atoms with Crippen molar-refractivity contribution in [3.8, 4) is 0 Å². The van der Waals surface area contributed by atoms with Crippen molar-refractivity contribution in [2.24, 2.45) is 0 Å². The molecule has 1 aliphatic rings. The molecule has 0 spiro atoms. The molecule has 2 aromatic rings. The van der Waals surface area contributed by atoms with Gasteiger partial charge in [-0.25, -0.2) is 4.79 Å². The summed E-state index contributed by atoms with van der Waals surface area (Å²) in [7, 11) is 0. The summed E-state index contributed by atoms with van der Waals surface area (Å²) < 4.78 is 4.99. The van der Waals surface area contributed by atoms with Gasteiger partial charge in [0.2, 0.25) is 5.91 Å². The van der Waals surface area contributed by atoms with Crippen LogP contribution in [0.3, 0.4) is 0 Å². The van der Waals surface area contributed by atoms with Crippen LogP contribution in [0.1, 0.15) is 39.1 Å². The van der Waals surface area contributed by atoms with Gasteiger partial charge in [0, 0.05) is 35.8 Å². The van der Waals surface area contributed by atoms with Crippen molar-refractivity contribution < 1.29 is 24.0 Å². The molecule has 3 rings (SSSR count). The molecule has 1 fully saturated rings. The number of esters is 1. The van der Waals surface area contributed by atoms with Crippen LogP contribution in [-0.2, 0) is 9.53 Å². The number of aryl methyl sites for hydroxylation is 1. The van der Waals surface area contributed by atoms with Crippen LogP contribution in [0.4, 0.5) is 11.4 Å². The molecular weight excluding hydrogens is 364 g/mol. The standard InChI is InChI=1S/C20H18N2O6/c1-13-4-5-15(11-17(13)22(26)27)20(25)28-12-18(23)14-6-8-16(9-7-14)21-10-2-3-19(21)24/h4-9,11H,2-3,10,12H2,1H3. The van der Waals surface area contributed by atoms with Gasteiger partial charge in [0.15, 0.2) is 12.4 Å². The Kier molecular flexibility index (Phi) is 5.49. The summed E-state index contributed by atoms with van der Waals surface area (Å²) in [4.78, 5) is 48.1. The number of anilines is 1. The predicted octanol–water partition coefficient (Wildman–Crippen LogP) is 3.07. The number of ether oxygens (including phenoxy) is 1. The number of rotatable bonds is 6. The molecule has 1 amide bonds. The maximum absolute atomic E-state index is 12.2. The lowest BCUT2D eigenvalue weighted by atomic mass is 10.1. The predicted molar refractivity (Wildman–Crippen MR) is 100 cm³/mol. The first kappa shape index (κ1) is 19.2. The number of nitro benzene ring substituents is 1. The average molecular weight is 382 g/mol. The molecule has 0 N–H and O–H groups in total. The average Bonchev–Trinajstić information content (AvgIpc) is 3.12. The van der Waals surface area contributed by atoms with E-state index in [1.54, 1.807) is 36.1 Å². The molecule has 1 aliphatic heterocycles. The molecule has 0 aromatic heterocycles. The van der Waals surface area contributed by atoms with E-state index in [1.165, 1.54) is 12.1 Å². The van der Waals surface area contributed by atoms with Crippen molar-refractivity contribution in [1.29, 1.82) is 0 Å². The lowest BCUT2D eigenvalue weighted by Crippen LogP contribution is -2.23. The number of carbonyl (C=O) groups excluding carboxylic acids is 3. The van der Waals surface area contributed by atoms with Crippen LogP contribution in [0.25, 0.3) is 0 Å². The zero-order chi connectivity index (χ0) is 20.3. The van der Waals surface area contributed by atoms with Gasteiger partial charge >= 0.3 is 5.97 Å². The summed E-state index contributed by atoms with van der Waals surface area (Å²) in [5.74, 6) is -1.16. The molecule has 144 valence electrons. The monoisotopic (exact) mass is 382 g/mol. The summed E-state index contributed by atoms with van der Waals surface area (Å²) >= 11 is 0. The Balaban J connectivity index is 1.62. The molecule has 0 atom stereocenters. The summed E-state index contributed by atoms with van der Waals surface area (Å²) in [6.07, 6.45) is 1.33. The minimum absolute atomic E-state index is 0.00740. The fourth-order valence-electron chi connectivity index (χ4n) is 2.98. The smallest absolute Gasteiger partial charge is 0.338 e. The van der Waals surface area contributed by atoms with Gasteiger partial charge < -0.3 is 9.64 Å². The Hall–Kier alpha value is -3.55. The maximum Gasteiger partial charge on any atom is 0.338 e. The number of ketones is 1. The number of carbonyl (C=O) groups is 3. The lowest BCUT2D eigenvalue weighted by molar-refractivity contribution is -0.385. The third-order valence-corrected chi connectivity index (χ3v) is 4.55. The molecule has 0 saturated carbocycles. The van der Waals surface area contributed by atoms with Crippen molar-refractivity contribution in [2.45, 2.75) is 19.8 Å². The van der Waals surface area contributed by atoms with Crippen molar-refractivity contribution in [3.05, 3.63) is 69.3 Å². The van der Waals surface area contributed by atoms with Gasteiger partial charge in [-0.1, -0.05) is 6.07 Å². The van der Waals surface area contributed by atoms with Gasteiger partial charge in [-0.05, 0) is 43.7 Å². The minimum Gasteiger partial charge on any atom is -0.454 e. The third-order valence-electron chi connectivity index (χ3n) is 4.55. The van der Waals surface area contributed by atoms with Crippen molar-refractivity contribution in [3.63, 3.8) is 0 Å². The zero-order valence-corrected chi connectivity index (χ0v) is 15.2. The number of amides is 1. The quantitative estimate of drug-likeness (QED) is 0.329. The van der Waals surface area contributed by atoms with E-state index in [0.717, 1.165) is 18.2 Å². The van der Waals surface area contributed by atoms with Crippen molar-refractivity contribution in [2.75, 3.05) is 18.1 Å². The van der Waals surface area contributed by atoms with Gasteiger partial charge in [-0.3, -0.25) is 19.7 Å². The Morgan fingerprint density at radius 1 is 1.14 bits per heavy atom. The fourth-order valence-corrected chi connectivity index (χ4v) is 2.98. The van der Waals surface area contributed by atoms with Crippen LogP contribution < -0.4 is 4.90 Å². The highest BCUT2D eigenvalue weighted by Gasteiger charge is 2.22. The van der Waals surface area contributed by atoms with Crippen molar-refractivity contribution in [1.82, 2.24) is 0 Å². The van der Waals surface area contributed by atoms with E-state index in [1.807, 2.05) is 0 Å². The van der Waals surface area contributed by atoms with Crippen molar-refractivity contribution >= 4 is 29.0 Å². The summed E-state index contributed by atoms with van der Waals surface area (Å²) in [5.41, 5.74) is 1.32. The number of nitro groups is 1. The normalized spacial score (nSPS) is 13.5. The van der Waals surface area contributed by atoms with Crippen LogP contribution in [0.2, 0.25) is 0 Å². The highest BCUT2D eigenvalue weighted by Crippen LogP contribution is 2.22. The maximum atomic E-state index is 12.2. The van der Waals surface area contributed by atoms with Gasteiger partial charge in [0.1, 0.15) is 0 Å². The van der Waals surface area contributed by atoms with E-state index < -0.39 is 23.3 Å². The largest absolute Gasteiger partial charge is 0.454 e. The van der Waals surface area contributed by atoms with E-state index in [0.29, 0.717) is 24.1 Å². The third kappa shape index (κ3) is 4.06. The van der Waals surface area contributed by atoms with E-state index in [2.05, 4.69) is 0 Å². The van der Waals surface area contributed by atoms with Crippen LogP contribution in [0.15, 0.2) is 42.5 Å². The van der Waals surface area contributed by atoms with Gasteiger partial charge in [-0.15, -0.1) is 0 Å². The van der Waals surface area contributed by atoms with E-state index in [4.69, 9.17) is 4.74 Å². The topological polar surface area (TPSA) is 107 Å². The molecule has 0 aliphatic carbocycles. The van der Waals surface area contributed by atoms with Crippen LogP contribution in [0, 0.1) is 17.0 Å². The van der Waals surface area contributed by atoms with Gasteiger partial charge in [-0.2, -0.15) is 0 Å². The highest BCUT2D eigenvalue weighted by atomic mass is 16.6. The Morgan fingerprint density at radius 2 is 1.82 bits per heavy atom. The molecule has 8 nitrogen and oxygen atoms in total. The molecule has 1 heterocycles. The molecule has 0 radical (unpaired) electrons. The molecule has 2 aromatic carbocycles. The Bertz CT molecular complexity index is 952. The molecule has 28 heavy (non-hydrogen) atoms.